The number of nitrogens with zero attached hydrogens (tertiary/aromatic N) is 1. The Kier molecular flexibility index (Phi) is 5.79. The van der Waals surface area contributed by atoms with Gasteiger partial charge in [-0.3, -0.25) is 25.2 Å². The lowest BCUT2D eigenvalue weighted by molar-refractivity contribution is -0.141. The smallest absolute Gasteiger partial charge is 0.339 e. The SMILES string of the molecule is CCOC(=O)c1cc(C)n(CC(=O)NNC(=O)C(=O)NC2CC2)c1C. The number of hydrazine groups is 1. The maximum atomic E-state index is 12.0. The van der Waals surface area contributed by atoms with Gasteiger partial charge in [-0.2, -0.15) is 0 Å². The molecule has 2 rings (SSSR count). The van der Waals surface area contributed by atoms with E-state index in [1.165, 1.54) is 0 Å². The lowest BCUT2D eigenvalue weighted by Crippen LogP contribution is -2.49. The van der Waals surface area contributed by atoms with E-state index in [9.17, 15) is 19.2 Å². The second-order valence-electron chi connectivity index (χ2n) is 5.84. The first-order chi connectivity index (χ1) is 11.8. The topological polar surface area (TPSA) is 119 Å². The molecule has 0 spiro atoms. The molecule has 25 heavy (non-hydrogen) atoms. The van der Waals surface area contributed by atoms with Gasteiger partial charge in [0.25, 0.3) is 5.91 Å². The molecular formula is C16H22N4O5. The maximum absolute atomic E-state index is 12.0. The predicted molar refractivity (Wildman–Crippen MR) is 87.3 cm³/mol. The van der Waals surface area contributed by atoms with Crippen LogP contribution in [0.3, 0.4) is 0 Å². The molecule has 3 amide bonds. The van der Waals surface area contributed by atoms with Crippen LogP contribution in [0.4, 0.5) is 0 Å². The third-order valence-corrected chi connectivity index (χ3v) is 3.80. The van der Waals surface area contributed by atoms with Crippen LogP contribution in [-0.2, 0) is 25.7 Å². The van der Waals surface area contributed by atoms with Crippen LogP contribution in [0.2, 0.25) is 0 Å². The summed E-state index contributed by atoms with van der Waals surface area (Å²) < 4.78 is 6.59. The van der Waals surface area contributed by atoms with Gasteiger partial charge in [0.2, 0.25) is 0 Å². The molecule has 0 unspecified atom stereocenters. The van der Waals surface area contributed by atoms with Crippen molar-refractivity contribution in [3.63, 3.8) is 0 Å². The average Bonchev–Trinajstić information content (AvgIpc) is 3.33. The van der Waals surface area contributed by atoms with Crippen molar-refractivity contribution in [2.45, 2.75) is 46.2 Å². The molecule has 1 fully saturated rings. The first-order valence-corrected chi connectivity index (χ1v) is 8.07. The second-order valence-corrected chi connectivity index (χ2v) is 5.84. The van der Waals surface area contributed by atoms with Crippen molar-refractivity contribution in [2.75, 3.05) is 6.61 Å². The molecule has 1 saturated carbocycles. The van der Waals surface area contributed by atoms with Gasteiger partial charge >= 0.3 is 17.8 Å². The van der Waals surface area contributed by atoms with E-state index < -0.39 is 23.7 Å². The minimum absolute atomic E-state index is 0.0559. The van der Waals surface area contributed by atoms with E-state index in [1.54, 1.807) is 31.4 Å². The largest absolute Gasteiger partial charge is 0.462 e. The van der Waals surface area contributed by atoms with Gasteiger partial charge in [-0.25, -0.2) is 4.79 Å². The van der Waals surface area contributed by atoms with Crippen LogP contribution in [0.15, 0.2) is 6.07 Å². The van der Waals surface area contributed by atoms with E-state index in [4.69, 9.17) is 4.74 Å². The summed E-state index contributed by atoms with van der Waals surface area (Å²) in [5.74, 6) is -2.67. The summed E-state index contributed by atoms with van der Waals surface area (Å²) in [5.41, 5.74) is 5.93. The number of hydrogen-bond acceptors (Lipinski definition) is 5. The Hall–Kier alpha value is -2.84. The minimum atomic E-state index is -0.923. The van der Waals surface area contributed by atoms with Crippen molar-refractivity contribution in [3.05, 3.63) is 23.0 Å². The van der Waals surface area contributed by atoms with Gasteiger partial charge in [-0.1, -0.05) is 0 Å². The minimum Gasteiger partial charge on any atom is -0.462 e. The standard InChI is InChI=1S/C16H22N4O5/c1-4-25-16(24)12-7-9(2)20(10(12)3)8-13(21)18-19-15(23)14(22)17-11-5-6-11/h7,11H,4-6,8H2,1-3H3,(H,17,22)(H,18,21)(H,19,23). The summed E-state index contributed by atoms with van der Waals surface area (Å²) in [6.07, 6.45) is 1.72. The summed E-state index contributed by atoms with van der Waals surface area (Å²) in [7, 11) is 0. The number of carbonyl (C=O) groups excluding carboxylic acids is 4. The molecule has 0 bridgehead atoms. The molecule has 1 heterocycles. The van der Waals surface area contributed by atoms with Gasteiger partial charge in [-0.15, -0.1) is 0 Å². The second kappa shape index (κ2) is 7.82. The lowest BCUT2D eigenvalue weighted by Gasteiger charge is -2.11. The quantitative estimate of drug-likeness (QED) is 0.383. The molecule has 0 aromatic carbocycles. The number of nitrogens with one attached hydrogen (secondary N) is 3. The molecule has 1 aromatic rings. The first-order valence-electron chi connectivity index (χ1n) is 8.07. The highest BCUT2D eigenvalue weighted by atomic mass is 16.5. The fourth-order valence-corrected chi connectivity index (χ4v) is 2.30. The van der Waals surface area contributed by atoms with Crippen molar-refractivity contribution < 1.29 is 23.9 Å². The summed E-state index contributed by atoms with van der Waals surface area (Å²) >= 11 is 0. The van der Waals surface area contributed by atoms with E-state index in [2.05, 4.69) is 16.2 Å². The van der Waals surface area contributed by atoms with Gasteiger partial charge in [0.05, 0.1) is 12.2 Å². The number of esters is 1. The molecule has 0 aliphatic heterocycles. The molecule has 1 aliphatic rings. The van der Waals surface area contributed by atoms with Crippen molar-refractivity contribution >= 4 is 23.7 Å². The van der Waals surface area contributed by atoms with Crippen LogP contribution in [-0.4, -0.2) is 40.9 Å². The Morgan fingerprint density at radius 1 is 1.16 bits per heavy atom. The first kappa shape index (κ1) is 18.5. The Morgan fingerprint density at radius 3 is 2.44 bits per heavy atom. The zero-order valence-corrected chi connectivity index (χ0v) is 14.5. The predicted octanol–water partition coefficient (Wildman–Crippen LogP) is -0.292. The summed E-state index contributed by atoms with van der Waals surface area (Å²) in [6, 6.07) is 1.70. The zero-order valence-electron chi connectivity index (χ0n) is 14.5. The summed E-state index contributed by atoms with van der Waals surface area (Å²) in [6.45, 7) is 5.32. The van der Waals surface area contributed by atoms with Crippen LogP contribution in [0.1, 0.15) is 41.5 Å². The lowest BCUT2D eigenvalue weighted by atomic mass is 10.2. The number of rotatable bonds is 5. The van der Waals surface area contributed by atoms with Gasteiger partial charge < -0.3 is 14.6 Å². The highest BCUT2D eigenvalue weighted by Gasteiger charge is 2.26. The van der Waals surface area contributed by atoms with Crippen molar-refractivity contribution in [3.8, 4) is 0 Å². The average molecular weight is 350 g/mol. The number of aromatic nitrogens is 1. The Balaban J connectivity index is 1.90. The molecule has 136 valence electrons. The van der Waals surface area contributed by atoms with Crippen molar-refractivity contribution in [1.29, 1.82) is 0 Å². The molecule has 1 aromatic heterocycles. The summed E-state index contributed by atoms with van der Waals surface area (Å²) in [5, 5.41) is 2.51. The number of ether oxygens (including phenoxy) is 1. The number of aryl methyl sites for hydroxylation is 1. The van der Waals surface area contributed by atoms with Crippen molar-refractivity contribution in [2.24, 2.45) is 0 Å². The number of carbonyl (C=O) groups is 4. The van der Waals surface area contributed by atoms with Crippen molar-refractivity contribution in [1.82, 2.24) is 20.7 Å². The Bertz CT molecular complexity index is 706. The van der Waals surface area contributed by atoms with Gasteiger partial charge in [-0.05, 0) is 39.7 Å². The Morgan fingerprint density at radius 2 is 1.84 bits per heavy atom. The zero-order chi connectivity index (χ0) is 18.6. The highest BCUT2D eigenvalue weighted by molar-refractivity contribution is 6.35. The van der Waals surface area contributed by atoms with Crippen LogP contribution in [0.25, 0.3) is 0 Å². The van der Waals surface area contributed by atoms with Gasteiger partial charge in [0, 0.05) is 17.4 Å². The van der Waals surface area contributed by atoms with E-state index in [0.717, 1.165) is 12.8 Å². The molecular weight excluding hydrogens is 328 g/mol. The van der Waals surface area contributed by atoms with Gasteiger partial charge in [0.15, 0.2) is 0 Å². The van der Waals surface area contributed by atoms with E-state index in [1.807, 2.05) is 0 Å². The molecule has 9 nitrogen and oxygen atoms in total. The van der Waals surface area contributed by atoms with E-state index in [-0.39, 0.29) is 19.2 Å². The Labute approximate surface area is 145 Å². The maximum Gasteiger partial charge on any atom is 0.339 e. The number of amides is 3. The third-order valence-electron chi connectivity index (χ3n) is 3.80. The van der Waals surface area contributed by atoms with Crippen LogP contribution < -0.4 is 16.2 Å². The third kappa shape index (κ3) is 4.82. The summed E-state index contributed by atoms with van der Waals surface area (Å²) in [4.78, 5) is 46.9. The molecule has 0 atom stereocenters. The fourth-order valence-electron chi connectivity index (χ4n) is 2.30. The monoisotopic (exact) mass is 350 g/mol. The fraction of sp³-hybridized carbons (Fsp3) is 0.500. The van der Waals surface area contributed by atoms with E-state index >= 15 is 0 Å². The molecule has 1 aliphatic carbocycles. The van der Waals surface area contributed by atoms with Gasteiger partial charge in [0.1, 0.15) is 6.54 Å². The highest BCUT2D eigenvalue weighted by Crippen LogP contribution is 2.18. The molecule has 0 saturated heterocycles. The van der Waals surface area contributed by atoms with Crippen LogP contribution in [0, 0.1) is 13.8 Å². The number of hydrogen-bond donors (Lipinski definition) is 3. The van der Waals surface area contributed by atoms with Crippen LogP contribution in [0.5, 0.6) is 0 Å². The molecule has 0 radical (unpaired) electrons. The normalized spacial score (nSPS) is 13.1. The van der Waals surface area contributed by atoms with E-state index in [0.29, 0.717) is 17.0 Å². The molecule has 9 heteroatoms. The molecule has 3 N–H and O–H groups in total. The van der Waals surface area contributed by atoms with Crippen LogP contribution >= 0.6 is 0 Å².